The molecule has 2 fully saturated rings. The zero-order chi connectivity index (χ0) is 15.5. The number of carbonyl (C=O) groups excluding carboxylic acids is 1. The first-order chi connectivity index (χ1) is 9.85. The molecule has 1 aliphatic heterocycles. The van der Waals surface area contributed by atoms with Crippen LogP contribution in [0.2, 0.25) is 0 Å². The molecule has 120 valence electrons. The molecule has 2 N–H and O–H groups in total. The Balaban J connectivity index is 2.03. The number of sulfone groups is 1. The maximum absolute atomic E-state index is 12.3. The summed E-state index contributed by atoms with van der Waals surface area (Å²) in [6, 6.07) is 0. The Hall–Kier alpha value is -1.11. The van der Waals surface area contributed by atoms with Crippen molar-refractivity contribution in [3.8, 4) is 0 Å². The highest BCUT2D eigenvalue weighted by Gasteiger charge is 2.41. The fourth-order valence-corrected chi connectivity index (χ4v) is 4.71. The molecular weight excluding hydrogens is 294 g/mol. The van der Waals surface area contributed by atoms with Crippen LogP contribution in [0.1, 0.15) is 51.4 Å². The van der Waals surface area contributed by atoms with Crippen LogP contribution in [-0.4, -0.2) is 42.4 Å². The molecule has 1 heterocycles. The standard InChI is InChI=1S/C14H23NO5S/c16-12(11-5-9-21(19,20)10-6-11)15-14(13(17)18)7-3-1-2-4-8-14/h11H,1-10H2,(H,15,16)(H,17,18). The maximum atomic E-state index is 12.3. The van der Waals surface area contributed by atoms with E-state index in [1.54, 1.807) is 0 Å². The number of hydrogen-bond acceptors (Lipinski definition) is 4. The lowest BCUT2D eigenvalue weighted by atomic mass is 9.88. The smallest absolute Gasteiger partial charge is 0.329 e. The molecule has 1 aliphatic carbocycles. The second kappa shape index (κ2) is 6.34. The van der Waals surface area contributed by atoms with E-state index in [2.05, 4.69) is 5.32 Å². The van der Waals surface area contributed by atoms with Crippen molar-refractivity contribution in [3.05, 3.63) is 0 Å². The SMILES string of the molecule is O=C(NC1(C(=O)O)CCCCCC1)C1CCS(=O)(=O)CC1. The van der Waals surface area contributed by atoms with Gasteiger partial charge in [-0.05, 0) is 25.7 Å². The molecule has 0 unspecified atom stereocenters. The van der Waals surface area contributed by atoms with Gasteiger partial charge in [-0.3, -0.25) is 4.79 Å². The molecule has 0 radical (unpaired) electrons. The number of aliphatic carboxylic acids is 1. The summed E-state index contributed by atoms with van der Waals surface area (Å²) in [5.41, 5.74) is -1.16. The van der Waals surface area contributed by atoms with Gasteiger partial charge in [-0.2, -0.15) is 0 Å². The highest BCUT2D eigenvalue weighted by atomic mass is 32.2. The minimum atomic E-state index is -3.02. The van der Waals surface area contributed by atoms with Crippen LogP contribution in [-0.2, 0) is 19.4 Å². The lowest BCUT2D eigenvalue weighted by Crippen LogP contribution is -2.56. The molecule has 7 heteroatoms. The first-order valence-corrected chi connectivity index (χ1v) is 9.43. The topological polar surface area (TPSA) is 101 Å². The number of carboxylic acids is 1. The molecule has 0 aromatic heterocycles. The molecule has 1 saturated carbocycles. The number of carboxylic acid groups (broad SMARTS) is 1. The molecule has 2 rings (SSSR count). The molecular formula is C14H23NO5S. The first kappa shape index (κ1) is 16.3. The molecule has 1 amide bonds. The summed E-state index contributed by atoms with van der Waals surface area (Å²) in [7, 11) is -3.02. The van der Waals surface area contributed by atoms with E-state index in [1.807, 2.05) is 0 Å². The van der Waals surface area contributed by atoms with E-state index in [0.29, 0.717) is 25.7 Å². The van der Waals surface area contributed by atoms with Crippen molar-refractivity contribution in [2.24, 2.45) is 5.92 Å². The molecule has 0 aromatic carbocycles. The third kappa shape index (κ3) is 3.96. The Kier molecular flexibility index (Phi) is 4.91. The Morgan fingerprint density at radius 3 is 2.00 bits per heavy atom. The third-order valence-corrected chi connectivity index (χ3v) is 6.37. The molecule has 0 spiro atoms. The number of carbonyl (C=O) groups is 2. The number of hydrogen-bond donors (Lipinski definition) is 2. The Labute approximate surface area is 125 Å². The summed E-state index contributed by atoms with van der Waals surface area (Å²) in [6.45, 7) is 0. The summed E-state index contributed by atoms with van der Waals surface area (Å²) in [6.07, 6.45) is 5.09. The molecule has 1 saturated heterocycles. The van der Waals surface area contributed by atoms with Gasteiger partial charge < -0.3 is 10.4 Å². The fraction of sp³-hybridized carbons (Fsp3) is 0.857. The van der Waals surface area contributed by atoms with Gasteiger partial charge in [-0.15, -0.1) is 0 Å². The van der Waals surface area contributed by atoms with Gasteiger partial charge in [-0.25, -0.2) is 13.2 Å². The molecule has 2 aliphatic rings. The van der Waals surface area contributed by atoms with Gasteiger partial charge in [0.05, 0.1) is 11.5 Å². The summed E-state index contributed by atoms with van der Waals surface area (Å²) >= 11 is 0. The van der Waals surface area contributed by atoms with Gasteiger partial charge in [-0.1, -0.05) is 25.7 Å². The van der Waals surface area contributed by atoms with Gasteiger partial charge in [0.25, 0.3) is 0 Å². The van der Waals surface area contributed by atoms with Crippen LogP contribution in [0.4, 0.5) is 0 Å². The zero-order valence-corrected chi connectivity index (χ0v) is 13.0. The van der Waals surface area contributed by atoms with Gasteiger partial charge >= 0.3 is 5.97 Å². The highest BCUT2D eigenvalue weighted by molar-refractivity contribution is 7.91. The molecule has 0 bridgehead atoms. The van der Waals surface area contributed by atoms with Crippen LogP contribution < -0.4 is 5.32 Å². The normalized spacial score (nSPS) is 25.7. The van der Waals surface area contributed by atoms with E-state index < -0.39 is 21.3 Å². The van der Waals surface area contributed by atoms with Crippen LogP contribution in [0, 0.1) is 5.92 Å². The van der Waals surface area contributed by atoms with Crippen molar-refractivity contribution in [1.29, 1.82) is 0 Å². The van der Waals surface area contributed by atoms with E-state index in [9.17, 15) is 23.1 Å². The van der Waals surface area contributed by atoms with Crippen molar-refractivity contribution < 1.29 is 23.1 Å². The van der Waals surface area contributed by atoms with Crippen LogP contribution in [0.5, 0.6) is 0 Å². The minimum Gasteiger partial charge on any atom is -0.480 e. The van der Waals surface area contributed by atoms with E-state index >= 15 is 0 Å². The highest BCUT2D eigenvalue weighted by Crippen LogP contribution is 2.29. The Morgan fingerprint density at radius 1 is 1.00 bits per heavy atom. The average molecular weight is 317 g/mol. The predicted octanol–water partition coefficient (Wildman–Crippen LogP) is 1.10. The van der Waals surface area contributed by atoms with Crippen molar-refractivity contribution in [2.75, 3.05) is 11.5 Å². The second-order valence-corrected chi connectivity index (χ2v) is 8.52. The van der Waals surface area contributed by atoms with Crippen LogP contribution in [0.3, 0.4) is 0 Å². The van der Waals surface area contributed by atoms with Crippen molar-refractivity contribution >= 4 is 21.7 Å². The maximum Gasteiger partial charge on any atom is 0.329 e. The largest absolute Gasteiger partial charge is 0.480 e. The van der Waals surface area contributed by atoms with Gasteiger partial charge in [0.2, 0.25) is 5.91 Å². The van der Waals surface area contributed by atoms with E-state index in [-0.39, 0.29) is 23.3 Å². The van der Waals surface area contributed by atoms with Crippen LogP contribution in [0.25, 0.3) is 0 Å². The van der Waals surface area contributed by atoms with Crippen molar-refractivity contribution in [3.63, 3.8) is 0 Å². The van der Waals surface area contributed by atoms with Gasteiger partial charge in [0.1, 0.15) is 15.4 Å². The number of amides is 1. The second-order valence-electron chi connectivity index (χ2n) is 6.22. The molecule has 0 atom stereocenters. The number of nitrogens with one attached hydrogen (secondary N) is 1. The fourth-order valence-electron chi connectivity index (χ4n) is 3.21. The van der Waals surface area contributed by atoms with Gasteiger partial charge in [0.15, 0.2) is 0 Å². The average Bonchev–Trinajstić information content (AvgIpc) is 2.65. The molecule has 6 nitrogen and oxygen atoms in total. The van der Waals surface area contributed by atoms with E-state index in [4.69, 9.17) is 0 Å². The Morgan fingerprint density at radius 2 is 1.52 bits per heavy atom. The van der Waals surface area contributed by atoms with E-state index in [1.165, 1.54) is 0 Å². The number of rotatable bonds is 3. The third-order valence-electron chi connectivity index (χ3n) is 4.65. The zero-order valence-electron chi connectivity index (χ0n) is 12.1. The summed E-state index contributed by atoms with van der Waals surface area (Å²) in [5.74, 6) is -1.61. The van der Waals surface area contributed by atoms with Crippen LogP contribution in [0.15, 0.2) is 0 Å². The molecule has 0 aromatic rings. The monoisotopic (exact) mass is 317 g/mol. The van der Waals surface area contributed by atoms with Gasteiger partial charge in [0, 0.05) is 5.92 Å². The summed E-state index contributed by atoms with van der Waals surface area (Å²) < 4.78 is 22.8. The minimum absolute atomic E-state index is 0.0190. The van der Waals surface area contributed by atoms with E-state index in [0.717, 1.165) is 25.7 Å². The quantitative estimate of drug-likeness (QED) is 0.759. The first-order valence-electron chi connectivity index (χ1n) is 7.60. The van der Waals surface area contributed by atoms with Crippen molar-refractivity contribution in [2.45, 2.75) is 56.9 Å². The molecule has 21 heavy (non-hydrogen) atoms. The Bertz CT molecular complexity index is 491. The van der Waals surface area contributed by atoms with Crippen molar-refractivity contribution in [1.82, 2.24) is 5.32 Å². The van der Waals surface area contributed by atoms with Crippen LogP contribution >= 0.6 is 0 Å². The summed E-state index contributed by atoms with van der Waals surface area (Å²) in [5, 5.41) is 12.3. The predicted molar refractivity (Wildman–Crippen MR) is 77.6 cm³/mol. The summed E-state index contributed by atoms with van der Waals surface area (Å²) in [4.78, 5) is 24.0. The lowest BCUT2D eigenvalue weighted by molar-refractivity contribution is -0.149. The lowest BCUT2D eigenvalue weighted by Gasteiger charge is -2.32.